The van der Waals surface area contributed by atoms with Crippen LogP contribution in [0.15, 0.2) is 22.6 Å². The van der Waals surface area contributed by atoms with Crippen molar-refractivity contribution in [2.45, 2.75) is 26.8 Å². The van der Waals surface area contributed by atoms with Crippen molar-refractivity contribution in [2.75, 3.05) is 7.05 Å². The van der Waals surface area contributed by atoms with Gasteiger partial charge in [-0.05, 0) is 20.8 Å². The Hall–Kier alpha value is -0.860. The fraction of sp³-hybridized carbons (Fsp3) is 0.714. The molecule has 58 valence electrons. The molecule has 0 N–H and O–H groups in total. The highest BCUT2D eigenvalue weighted by Gasteiger charge is 1.96. The second-order valence-corrected chi connectivity index (χ2v) is 2.59. The molecule has 0 aromatic rings. The van der Waals surface area contributed by atoms with Crippen molar-refractivity contribution in [1.29, 1.82) is 0 Å². The van der Waals surface area contributed by atoms with E-state index in [2.05, 4.69) is 30.8 Å². The molecular weight excluding hydrogens is 126 g/mol. The molecule has 0 aliphatic carbocycles. The summed E-state index contributed by atoms with van der Waals surface area (Å²) >= 11 is 0. The highest BCUT2D eigenvalue weighted by atomic mass is 15.5. The predicted octanol–water partition coefficient (Wildman–Crippen LogP) is 2.23. The van der Waals surface area contributed by atoms with Gasteiger partial charge in [0.2, 0.25) is 0 Å². The molecule has 0 atom stereocenters. The summed E-state index contributed by atoms with van der Waals surface area (Å²) in [5, 5.41) is 9.47. The van der Waals surface area contributed by atoms with E-state index in [9.17, 15) is 0 Å². The third kappa shape index (κ3) is 4.06. The maximum Gasteiger partial charge on any atom is 0.0545 e. The molecule has 3 nitrogen and oxygen atoms in total. The fourth-order valence-corrected chi connectivity index (χ4v) is 0.250. The van der Waals surface area contributed by atoms with Crippen LogP contribution in [-0.4, -0.2) is 18.1 Å². The van der Waals surface area contributed by atoms with Crippen LogP contribution in [0.2, 0.25) is 0 Å². The smallest absolute Gasteiger partial charge is 0.0545 e. The van der Waals surface area contributed by atoms with Crippen LogP contribution in [0.4, 0.5) is 0 Å². The maximum atomic E-state index is 3.88. The van der Waals surface area contributed by atoms with Gasteiger partial charge >= 0.3 is 0 Å². The highest BCUT2D eigenvalue weighted by Crippen LogP contribution is 1.97. The van der Waals surface area contributed by atoms with Crippen LogP contribution in [0.3, 0.4) is 0 Å². The van der Waals surface area contributed by atoms with E-state index in [1.807, 2.05) is 14.0 Å². The van der Waals surface area contributed by atoms with Gasteiger partial charge in [-0.1, -0.05) is 11.8 Å². The lowest BCUT2D eigenvalue weighted by molar-refractivity contribution is 0.268. The Morgan fingerprint density at radius 3 is 2.30 bits per heavy atom. The average molecular weight is 141 g/mol. The van der Waals surface area contributed by atoms with Crippen LogP contribution in [0.25, 0.3) is 0 Å². The number of hydrogen-bond acceptors (Lipinski definition) is 2. The predicted molar refractivity (Wildman–Crippen MR) is 42.6 cm³/mol. The normalized spacial score (nSPS) is 10.9. The molecule has 0 aromatic carbocycles. The summed E-state index contributed by atoms with van der Waals surface area (Å²) in [5.74, 6) is 0. The Bertz CT molecular complexity index is 138. The minimum absolute atomic E-state index is 0.392. The minimum atomic E-state index is 0.392. The summed E-state index contributed by atoms with van der Waals surface area (Å²) in [6, 6.07) is 0.392. The van der Waals surface area contributed by atoms with E-state index < -0.39 is 0 Å². The molecule has 0 spiro atoms. The first-order chi connectivity index (χ1) is 4.54. The quantitative estimate of drug-likeness (QED) is 0.437. The van der Waals surface area contributed by atoms with E-state index in [1.165, 1.54) is 0 Å². The molecule has 0 aromatic heterocycles. The number of hydrogen-bond donors (Lipinski definition) is 0. The monoisotopic (exact) mass is 141 g/mol. The van der Waals surface area contributed by atoms with E-state index in [1.54, 1.807) is 5.01 Å². The van der Waals surface area contributed by atoms with Crippen molar-refractivity contribution >= 4 is 0 Å². The van der Waals surface area contributed by atoms with Gasteiger partial charge in [0.05, 0.1) is 5.70 Å². The van der Waals surface area contributed by atoms with Gasteiger partial charge in [-0.15, -0.1) is 5.11 Å². The zero-order chi connectivity index (χ0) is 8.15. The molecule has 0 amide bonds. The fourth-order valence-electron chi connectivity index (χ4n) is 0.250. The van der Waals surface area contributed by atoms with Crippen LogP contribution < -0.4 is 0 Å². The van der Waals surface area contributed by atoms with Crippen molar-refractivity contribution in [1.82, 2.24) is 5.01 Å². The van der Waals surface area contributed by atoms with Crippen molar-refractivity contribution in [3.05, 3.63) is 12.3 Å². The first kappa shape index (κ1) is 9.14. The molecule has 0 rings (SSSR count). The molecule has 10 heavy (non-hydrogen) atoms. The summed E-state index contributed by atoms with van der Waals surface area (Å²) < 4.78 is 0. The molecule has 0 saturated heterocycles. The van der Waals surface area contributed by atoms with E-state index >= 15 is 0 Å². The summed E-state index contributed by atoms with van der Waals surface area (Å²) in [7, 11) is 1.89. The molecule has 0 fully saturated rings. The first-order valence-corrected chi connectivity index (χ1v) is 3.34. The van der Waals surface area contributed by atoms with Gasteiger partial charge in [0.1, 0.15) is 0 Å². The molecule has 0 radical (unpaired) electrons. The molecule has 0 saturated carbocycles. The maximum absolute atomic E-state index is 3.88. The lowest BCUT2D eigenvalue weighted by Gasteiger charge is -2.14. The van der Waals surface area contributed by atoms with Crippen LogP contribution in [0, 0.1) is 0 Å². The minimum Gasteiger partial charge on any atom is -0.279 e. The summed E-state index contributed by atoms with van der Waals surface area (Å²) in [6.45, 7) is 9.52. The van der Waals surface area contributed by atoms with Gasteiger partial charge in [0, 0.05) is 13.1 Å². The summed E-state index contributed by atoms with van der Waals surface area (Å²) in [6.07, 6.45) is 0. The third-order valence-corrected chi connectivity index (χ3v) is 1.10. The Kier molecular flexibility index (Phi) is 3.69. The lowest BCUT2D eigenvalue weighted by Crippen LogP contribution is -2.19. The summed E-state index contributed by atoms with van der Waals surface area (Å²) in [4.78, 5) is 0. The average Bonchev–Trinajstić information content (AvgIpc) is 1.82. The Morgan fingerprint density at radius 2 is 2.00 bits per heavy atom. The Balaban J connectivity index is 3.77. The van der Waals surface area contributed by atoms with Gasteiger partial charge in [0.25, 0.3) is 0 Å². The first-order valence-electron chi connectivity index (χ1n) is 3.34. The van der Waals surface area contributed by atoms with Gasteiger partial charge in [-0.2, -0.15) is 0 Å². The second kappa shape index (κ2) is 4.04. The number of rotatable bonds is 3. The molecular formula is C7H15N3. The highest BCUT2D eigenvalue weighted by molar-refractivity contribution is 4.81. The topological polar surface area (TPSA) is 28.0 Å². The van der Waals surface area contributed by atoms with E-state index in [0.717, 1.165) is 5.70 Å². The molecule has 3 heteroatoms. The molecule has 0 aliphatic rings. The van der Waals surface area contributed by atoms with Crippen molar-refractivity contribution < 1.29 is 0 Å². The zero-order valence-electron chi connectivity index (χ0n) is 7.13. The van der Waals surface area contributed by atoms with Crippen LogP contribution in [0.5, 0.6) is 0 Å². The van der Waals surface area contributed by atoms with E-state index in [4.69, 9.17) is 0 Å². The third-order valence-electron chi connectivity index (χ3n) is 1.10. The largest absolute Gasteiger partial charge is 0.279 e. The zero-order valence-corrected chi connectivity index (χ0v) is 7.13. The van der Waals surface area contributed by atoms with Crippen molar-refractivity contribution in [2.24, 2.45) is 10.3 Å². The van der Waals surface area contributed by atoms with E-state index in [-0.39, 0.29) is 0 Å². The van der Waals surface area contributed by atoms with Gasteiger partial charge in [-0.3, -0.25) is 5.01 Å². The van der Waals surface area contributed by atoms with Crippen LogP contribution >= 0.6 is 0 Å². The Labute approximate surface area is 62.4 Å². The molecule has 0 bridgehead atoms. The second-order valence-electron chi connectivity index (χ2n) is 2.59. The molecule has 0 aliphatic heterocycles. The molecule has 0 heterocycles. The number of allylic oxidation sites excluding steroid dienone is 1. The van der Waals surface area contributed by atoms with Gasteiger partial charge in [0.15, 0.2) is 0 Å². The standard InChI is InChI=1S/C7H15N3/c1-6(2)8-9-10(5)7(3)4/h7H,1H2,2-5H3. The SMILES string of the molecule is C=C(C)N=NN(C)C(C)C. The summed E-state index contributed by atoms with van der Waals surface area (Å²) in [5.41, 5.74) is 0.729. The van der Waals surface area contributed by atoms with Crippen molar-refractivity contribution in [3.63, 3.8) is 0 Å². The number of nitrogens with zero attached hydrogens (tertiary/aromatic N) is 3. The Morgan fingerprint density at radius 1 is 1.50 bits per heavy atom. The van der Waals surface area contributed by atoms with Crippen LogP contribution in [-0.2, 0) is 0 Å². The van der Waals surface area contributed by atoms with Crippen molar-refractivity contribution in [3.8, 4) is 0 Å². The van der Waals surface area contributed by atoms with Crippen LogP contribution in [0.1, 0.15) is 20.8 Å². The molecule has 0 unspecified atom stereocenters. The van der Waals surface area contributed by atoms with Gasteiger partial charge < -0.3 is 0 Å². The lowest BCUT2D eigenvalue weighted by atomic mass is 10.4. The van der Waals surface area contributed by atoms with Gasteiger partial charge in [-0.25, -0.2) is 0 Å². The van der Waals surface area contributed by atoms with E-state index in [0.29, 0.717) is 6.04 Å².